The Hall–Kier alpha value is -0.580. The zero-order valence-electron chi connectivity index (χ0n) is 10.9. The summed E-state index contributed by atoms with van der Waals surface area (Å²) in [6, 6.07) is 7.25. The Morgan fingerprint density at radius 3 is 2.78 bits per heavy atom. The van der Waals surface area contributed by atoms with Crippen LogP contribution in [0.5, 0.6) is 0 Å². The Morgan fingerprint density at radius 2 is 2.22 bits per heavy atom. The molecule has 0 radical (unpaired) electrons. The largest absolute Gasteiger partial charge is 0.383 e. The van der Waals surface area contributed by atoms with Gasteiger partial charge in [0.2, 0.25) is 0 Å². The number of benzene rings is 1. The Labute approximate surface area is 117 Å². The van der Waals surface area contributed by atoms with Crippen molar-refractivity contribution in [3.8, 4) is 0 Å². The molecule has 0 atom stereocenters. The van der Waals surface area contributed by atoms with Gasteiger partial charge in [0.1, 0.15) is 0 Å². The second kappa shape index (κ2) is 6.55. The zero-order chi connectivity index (χ0) is 13.0. The van der Waals surface area contributed by atoms with Gasteiger partial charge in [0, 0.05) is 24.2 Å². The Morgan fingerprint density at radius 1 is 1.44 bits per heavy atom. The predicted molar refractivity (Wildman–Crippen MR) is 79.1 cm³/mol. The molecular formula is C14H21BrN2O. The number of nitrogens with two attached hydrogens (primary N) is 1. The van der Waals surface area contributed by atoms with Crippen LogP contribution in [0.3, 0.4) is 0 Å². The van der Waals surface area contributed by atoms with Crippen molar-refractivity contribution in [2.24, 2.45) is 5.73 Å². The number of nitrogens with zero attached hydrogens (tertiary/aromatic N) is 1. The maximum Gasteiger partial charge on any atom is 0.0637 e. The first-order valence-corrected chi connectivity index (χ1v) is 7.29. The molecule has 2 rings (SSSR count). The average Bonchev–Trinajstić information content (AvgIpc) is 3.17. The van der Waals surface area contributed by atoms with Crippen LogP contribution in [0, 0.1) is 0 Å². The molecule has 1 aromatic rings. The van der Waals surface area contributed by atoms with Gasteiger partial charge in [0.05, 0.1) is 12.3 Å². The van der Waals surface area contributed by atoms with Gasteiger partial charge in [-0.05, 0) is 59.4 Å². The number of hydrogen-bond acceptors (Lipinski definition) is 3. The highest BCUT2D eigenvalue weighted by Gasteiger charge is 2.29. The van der Waals surface area contributed by atoms with Crippen molar-refractivity contribution in [2.75, 3.05) is 31.7 Å². The lowest BCUT2D eigenvalue weighted by Crippen LogP contribution is -2.29. The minimum absolute atomic E-state index is 0.691. The number of hydrogen-bond donors (Lipinski definition) is 1. The van der Waals surface area contributed by atoms with Crippen LogP contribution in [-0.4, -0.2) is 32.8 Å². The van der Waals surface area contributed by atoms with Crippen LogP contribution in [0.4, 0.5) is 5.69 Å². The van der Waals surface area contributed by atoms with E-state index in [-0.39, 0.29) is 0 Å². The molecule has 1 aliphatic rings. The third kappa shape index (κ3) is 3.46. The van der Waals surface area contributed by atoms with Gasteiger partial charge < -0.3 is 15.4 Å². The van der Waals surface area contributed by atoms with Gasteiger partial charge in [0.15, 0.2) is 0 Å². The van der Waals surface area contributed by atoms with Crippen molar-refractivity contribution in [3.63, 3.8) is 0 Å². The number of halogens is 1. The van der Waals surface area contributed by atoms with Gasteiger partial charge in [-0.2, -0.15) is 0 Å². The average molecular weight is 313 g/mol. The third-order valence-electron chi connectivity index (χ3n) is 3.28. The van der Waals surface area contributed by atoms with Gasteiger partial charge in [-0.1, -0.05) is 6.07 Å². The van der Waals surface area contributed by atoms with E-state index >= 15 is 0 Å². The number of methoxy groups -OCH3 is 1. The van der Waals surface area contributed by atoms with Crippen molar-refractivity contribution in [1.29, 1.82) is 0 Å². The summed E-state index contributed by atoms with van der Waals surface area (Å²) in [4.78, 5) is 2.44. The molecule has 0 heterocycles. The second-order valence-corrected chi connectivity index (χ2v) is 5.60. The highest BCUT2D eigenvalue weighted by molar-refractivity contribution is 9.10. The molecule has 18 heavy (non-hydrogen) atoms. The van der Waals surface area contributed by atoms with E-state index in [4.69, 9.17) is 10.5 Å². The van der Waals surface area contributed by atoms with E-state index in [0.29, 0.717) is 12.6 Å². The molecule has 0 aliphatic heterocycles. The van der Waals surface area contributed by atoms with Gasteiger partial charge in [0.25, 0.3) is 0 Å². The smallest absolute Gasteiger partial charge is 0.0637 e. The molecule has 1 saturated carbocycles. The second-order valence-electron chi connectivity index (χ2n) is 4.74. The minimum atomic E-state index is 0.691. The Balaban J connectivity index is 2.13. The molecule has 2 N–H and O–H groups in total. The molecule has 0 bridgehead atoms. The Kier molecular flexibility index (Phi) is 5.03. The summed E-state index contributed by atoms with van der Waals surface area (Å²) in [5, 5.41) is 0. The van der Waals surface area contributed by atoms with Crippen molar-refractivity contribution in [2.45, 2.75) is 25.3 Å². The summed E-state index contributed by atoms with van der Waals surface area (Å²) in [5.74, 6) is 0. The van der Waals surface area contributed by atoms with E-state index in [9.17, 15) is 0 Å². The molecule has 0 unspecified atom stereocenters. The summed E-state index contributed by atoms with van der Waals surface area (Å²) >= 11 is 3.68. The van der Waals surface area contributed by atoms with Crippen molar-refractivity contribution in [1.82, 2.24) is 0 Å². The van der Waals surface area contributed by atoms with E-state index in [1.165, 1.54) is 24.1 Å². The van der Waals surface area contributed by atoms with Crippen LogP contribution < -0.4 is 10.6 Å². The van der Waals surface area contributed by atoms with Crippen molar-refractivity contribution < 1.29 is 4.74 Å². The van der Waals surface area contributed by atoms with Gasteiger partial charge in [-0.25, -0.2) is 0 Å². The first kappa shape index (κ1) is 13.8. The number of ether oxygens (including phenoxy) is 1. The molecule has 0 amide bonds. The van der Waals surface area contributed by atoms with Gasteiger partial charge >= 0.3 is 0 Å². The van der Waals surface area contributed by atoms with Crippen molar-refractivity contribution in [3.05, 3.63) is 28.2 Å². The normalized spacial score (nSPS) is 14.8. The summed E-state index contributed by atoms with van der Waals surface area (Å²) in [7, 11) is 1.75. The van der Waals surface area contributed by atoms with Crippen LogP contribution in [0.15, 0.2) is 22.7 Å². The lowest BCUT2D eigenvalue weighted by Gasteiger charge is -2.26. The van der Waals surface area contributed by atoms with Crippen LogP contribution in [-0.2, 0) is 11.2 Å². The summed E-state index contributed by atoms with van der Waals surface area (Å²) in [6.45, 7) is 2.42. The van der Waals surface area contributed by atoms with Crippen molar-refractivity contribution >= 4 is 21.6 Å². The lowest BCUT2D eigenvalue weighted by atomic mass is 10.1. The first-order valence-electron chi connectivity index (χ1n) is 6.50. The highest BCUT2D eigenvalue weighted by Crippen LogP contribution is 2.36. The van der Waals surface area contributed by atoms with Gasteiger partial charge in [-0.3, -0.25) is 0 Å². The molecular weight excluding hydrogens is 292 g/mol. The standard InChI is InChI=1S/C14H21BrN2O/c1-18-9-8-17(12-3-4-12)14-5-2-11(6-7-16)10-13(14)15/h2,5,10,12H,3-4,6-9,16H2,1H3. The topological polar surface area (TPSA) is 38.5 Å². The number of anilines is 1. The van der Waals surface area contributed by atoms with E-state index in [0.717, 1.165) is 24.0 Å². The van der Waals surface area contributed by atoms with Crippen LogP contribution in [0.2, 0.25) is 0 Å². The maximum atomic E-state index is 5.59. The van der Waals surface area contributed by atoms with E-state index in [2.05, 4.69) is 39.0 Å². The molecule has 0 aromatic heterocycles. The zero-order valence-corrected chi connectivity index (χ0v) is 12.4. The molecule has 1 aliphatic carbocycles. The monoisotopic (exact) mass is 312 g/mol. The van der Waals surface area contributed by atoms with E-state index < -0.39 is 0 Å². The fraction of sp³-hybridized carbons (Fsp3) is 0.571. The number of rotatable bonds is 7. The molecule has 100 valence electrons. The SMILES string of the molecule is COCCN(c1ccc(CCN)cc1Br)C1CC1. The highest BCUT2D eigenvalue weighted by atomic mass is 79.9. The quantitative estimate of drug-likeness (QED) is 0.841. The maximum absolute atomic E-state index is 5.59. The summed E-state index contributed by atoms with van der Waals surface area (Å²) < 4.78 is 6.36. The molecule has 1 aromatic carbocycles. The third-order valence-corrected chi connectivity index (χ3v) is 3.91. The lowest BCUT2D eigenvalue weighted by molar-refractivity contribution is 0.205. The summed E-state index contributed by atoms with van der Waals surface area (Å²) in [5.41, 5.74) is 8.15. The molecule has 0 saturated heterocycles. The predicted octanol–water partition coefficient (Wildman–Crippen LogP) is 2.57. The van der Waals surface area contributed by atoms with E-state index in [1.807, 2.05) is 0 Å². The minimum Gasteiger partial charge on any atom is -0.383 e. The van der Waals surface area contributed by atoms with Crippen LogP contribution >= 0.6 is 15.9 Å². The molecule has 1 fully saturated rings. The van der Waals surface area contributed by atoms with Crippen LogP contribution in [0.1, 0.15) is 18.4 Å². The Bertz CT molecular complexity index is 393. The molecule has 0 spiro atoms. The first-order chi connectivity index (χ1) is 8.76. The fourth-order valence-corrected chi connectivity index (χ4v) is 2.84. The molecule has 3 nitrogen and oxygen atoms in total. The summed E-state index contributed by atoms with van der Waals surface area (Å²) in [6.07, 6.45) is 3.52. The molecule has 4 heteroatoms. The van der Waals surface area contributed by atoms with Gasteiger partial charge in [-0.15, -0.1) is 0 Å². The van der Waals surface area contributed by atoms with Crippen LogP contribution in [0.25, 0.3) is 0 Å². The fourth-order valence-electron chi connectivity index (χ4n) is 2.18. The van der Waals surface area contributed by atoms with E-state index in [1.54, 1.807) is 7.11 Å².